The van der Waals surface area contributed by atoms with Crippen LogP contribution in [0.1, 0.15) is 12.0 Å². The highest BCUT2D eigenvalue weighted by molar-refractivity contribution is 6.36. The topological polar surface area (TPSA) is 38.3 Å². The van der Waals surface area contributed by atoms with E-state index in [1.165, 1.54) is 0 Å². The van der Waals surface area contributed by atoms with Gasteiger partial charge in [-0.3, -0.25) is 4.79 Å². The second kappa shape index (κ2) is 7.73. The van der Waals surface area contributed by atoms with Crippen molar-refractivity contribution in [2.45, 2.75) is 12.8 Å². The van der Waals surface area contributed by atoms with Gasteiger partial charge in [0.05, 0.1) is 22.8 Å². The molecule has 0 unspecified atom stereocenters. The van der Waals surface area contributed by atoms with Crippen LogP contribution < -0.4 is 10.1 Å². The summed E-state index contributed by atoms with van der Waals surface area (Å²) in [5, 5.41) is 4.20. The van der Waals surface area contributed by atoms with E-state index in [4.69, 9.17) is 39.5 Å². The van der Waals surface area contributed by atoms with Crippen LogP contribution in [0.3, 0.4) is 0 Å². The molecule has 2 aromatic carbocycles. The highest BCUT2D eigenvalue weighted by atomic mass is 35.5. The van der Waals surface area contributed by atoms with E-state index in [0.29, 0.717) is 32.9 Å². The normalized spacial score (nSPS) is 10.4. The van der Waals surface area contributed by atoms with Crippen LogP contribution in [0.4, 0.5) is 5.69 Å². The molecule has 0 fully saturated rings. The average molecular weight is 359 g/mol. The number of halogens is 3. The minimum Gasteiger partial charge on any atom is -0.495 e. The second-order valence-corrected chi connectivity index (χ2v) is 5.83. The monoisotopic (exact) mass is 357 g/mol. The lowest BCUT2D eigenvalue weighted by Crippen LogP contribution is -2.12. The van der Waals surface area contributed by atoms with Crippen LogP contribution >= 0.6 is 34.8 Å². The number of benzene rings is 2. The summed E-state index contributed by atoms with van der Waals surface area (Å²) in [4.78, 5) is 12.0. The highest BCUT2D eigenvalue weighted by Gasteiger charge is 2.10. The van der Waals surface area contributed by atoms with E-state index in [9.17, 15) is 4.79 Å². The summed E-state index contributed by atoms with van der Waals surface area (Å²) in [6.07, 6.45) is 0.791. The number of nitrogens with one attached hydrogen (secondary N) is 1. The lowest BCUT2D eigenvalue weighted by Gasteiger charge is -2.10. The molecular formula is C16H14Cl3NO2. The lowest BCUT2D eigenvalue weighted by atomic mass is 10.1. The number of aryl methyl sites for hydroxylation is 1. The second-order valence-electron chi connectivity index (χ2n) is 4.61. The number of methoxy groups -OCH3 is 1. The zero-order chi connectivity index (χ0) is 16.1. The molecule has 0 spiro atoms. The lowest BCUT2D eigenvalue weighted by molar-refractivity contribution is -0.116. The Bertz CT molecular complexity index is 689. The Kier molecular flexibility index (Phi) is 5.95. The Hall–Kier alpha value is -1.42. The third-order valence-electron chi connectivity index (χ3n) is 3.09. The van der Waals surface area contributed by atoms with Crippen molar-refractivity contribution in [2.24, 2.45) is 0 Å². The van der Waals surface area contributed by atoms with Gasteiger partial charge in [-0.05, 0) is 36.2 Å². The van der Waals surface area contributed by atoms with Gasteiger partial charge in [0.25, 0.3) is 0 Å². The molecule has 0 saturated heterocycles. The van der Waals surface area contributed by atoms with Crippen molar-refractivity contribution >= 4 is 46.4 Å². The molecule has 2 aromatic rings. The van der Waals surface area contributed by atoms with Gasteiger partial charge in [0.2, 0.25) is 5.91 Å². The molecule has 0 aliphatic carbocycles. The third-order valence-corrected chi connectivity index (χ3v) is 4.07. The van der Waals surface area contributed by atoms with Gasteiger partial charge in [0.1, 0.15) is 5.75 Å². The van der Waals surface area contributed by atoms with E-state index in [1.807, 2.05) is 12.1 Å². The molecule has 116 valence electrons. The summed E-state index contributed by atoms with van der Waals surface area (Å²) < 4.78 is 5.15. The Balaban J connectivity index is 1.98. The third kappa shape index (κ3) is 4.29. The van der Waals surface area contributed by atoms with Gasteiger partial charge in [-0.15, -0.1) is 0 Å². The predicted molar refractivity (Wildman–Crippen MR) is 91.4 cm³/mol. The first kappa shape index (κ1) is 16.9. The number of hydrogen-bond acceptors (Lipinski definition) is 2. The van der Waals surface area contributed by atoms with Gasteiger partial charge < -0.3 is 10.1 Å². The Labute approximate surface area is 144 Å². The minimum absolute atomic E-state index is 0.150. The number of amides is 1. The van der Waals surface area contributed by atoms with Crippen molar-refractivity contribution < 1.29 is 9.53 Å². The molecular weight excluding hydrogens is 345 g/mol. The van der Waals surface area contributed by atoms with E-state index < -0.39 is 0 Å². The first-order chi connectivity index (χ1) is 10.5. The summed E-state index contributed by atoms with van der Waals surface area (Å²) in [7, 11) is 1.56. The standard InChI is InChI=1S/C16H14Cl3NO2/c1-22-14-4-2-3-10(16(14)19)5-8-15(21)20-13-7-6-11(17)9-12(13)18/h2-4,6-7,9H,5,8H2,1H3,(H,20,21). The molecule has 3 nitrogen and oxygen atoms in total. The quantitative estimate of drug-likeness (QED) is 0.795. The molecule has 0 radical (unpaired) electrons. The van der Waals surface area contributed by atoms with E-state index in [0.717, 1.165) is 5.56 Å². The maximum atomic E-state index is 12.0. The summed E-state index contributed by atoms with van der Waals surface area (Å²) in [5.41, 5.74) is 1.39. The van der Waals surface area contributed by atoms with Gasteiger partial charge in [-0.2, -0.15) is 0 Å². The number of anilines is 1. The number of carbonyl (C=O) groups is 1. The largest absolute Gasteiger partial charge is 0.495 e. The molecule has 6 heteroatoms. The SMILES string of the molecule is COc1cccc(CCC(=O)Nc2ccc(Cl)cc2Cl)c1Cl. The van der Waals surface area contributed by atoms with Crippen LogP contribution in [0, 0.1) is 0 Å². The smallest absolute Gasteiger partial charge is 0.224 e. The molecule has 0 heterocycles. The van der Waals surface area contributed by atoms with Gasteiger partial charge in [0.15, 0.2) is 0 Å². The summed E-state index contributed by atoms with van der Waals surface area (Å²) in [6, 6.07) is 10.4. The fraction of sp³-hybridized carbons (Fsp3) is 0.188. The average Bonchev–Trinajstić information content (AvgIpc) is 2.49. The van der Waals surface area contributed by atoms with Crippen molar-refractivity contribution in [1.82, 2.24) is 0 Å². The summed E-state index contributed by atoms with van der Waals surface area (Å²) in [6.45, 7) is 0. The maximum Gasteiger partial charge on any atom is 0.224 e. The highest BCUT2D eigenvalue weighted by Crippen LogP contribution is 2.29. The van der Waals surface area contributed by atoms with Crippen LogP contribution in [0.25, 0.3) is 0 Å². The van der Waals surface area contributed by atoms with E-state index in [2.05, 4.69) is 5.32 Å². The molecule has 0 bridgehead atoms. The van der Waals surface area contributed by atoms with Crippen LogP contribution in [0.2, 0.25) is 15.1 Å². The van der Waals surface area contributed by atoms with Gasteiger partial charge in [0, 0.05) is 11.4 Å². The Morgan fingerprint density at radius 2 is 1.95 bits per heavy atom. The number of rotatable bonds is 5. The zero-order valence-electron chi connectivity index (χ0n) is 11.8. The first-order valence-electron chi connectivity index (χ1n) is 6.57. The van der Waals surface area contributed by atoms with Crippen LogP contribution in [-0.2, 0) is 11.2 Å². The molecule has 0 aliphatic heterocycles. The number of carbonyl (C=O) groups excluding carboxylic acids is 1. The fourth-order valence-electron chi connectivity index (χ4n) is 1.96. The van der Waals surface area contributed by atoms with Crippen molar-refractivity contribution in [3.05, 3.63) is 57.0 Å². The summed E-state index contributed by atoms with van der Waals surface area (Å²) >= 11 is 18.0. The molecule has 1 N–H and O–H groups in total. The van der Waals surface area contributed by atoms with Crippen molar-refractivity contribution in [2.75, 3.05) is 12.4 Å². The molecule has 0 aromatic heterocycles. The van der Waals surface area contributed by atoms with Crippen molar-refractivity contribution in [3.63, 3.8) is 0 Å². The predicted octanol–water partition coefficient (Wildman–Crippen LogP) is 5.23. The van der Waals surface area contributed by atoms with Crippen LogP contribution in [-0.4, -0.2) is 13.0 Å². The number of ether oxygens (including phenoxy) is 1. The molecule has 0 saturated carbocycles. The molecule has 2 rings (SSSR count). The zero-order valence-corrected chi connectivity index (χ0v) is 14.1. The Morgan fingerprint density at radius 3 is 2.64 bits per heavy atom. The van der Waals surface area contributed by atoms with Crippen LogP contribution in [0.5, 0.6) is 5.75 Å². The number of hydrogen-bond donors (Lipinski definition) is 1. The fourth-order valence-corrected chi connectivity index (χ4v) is 2.71. The van der Waals surface area contributed by atoms with Crippen LogP contribution in [0.15, 0.2) is 36.4 Å². The van der Waals surface area contributed by atoms with Crippen molar-refractivity contribution in [3.8, 4) is 5.75 Å². The molecule has 22 heavy (non-hydrogen) atoms. The Morgan fingerprint density at radius 1 is 1.18 bits per heavy atom. The molecule has 1 amide bonds. The van der Waals surface area contributed by atoms with E-state index >= 15 is 0 Å². The minimum atomic E-state index is -0.150. The molecule has 0 aliphatic rings. The van der Waals surface area contributed by atoms with Gasteiger partial charge in [-0.1, -0.05) is 46.9 Å². The first-order valence-corrected chi connectivity index (χ1v) is 7.71. The van der Waals surface area contributed by atoms with E-state index in [1.54, 1.807) is 31.4 Å². The van der Waals surface area contributed by atoms with E-state index in [-0.39, 0.29) is 12.3 Å². The van der Waals surface area contributed by atoms with Gasteiger partial charge in [-0.25, -0.2) is 0 Å². The maximum absolute atomic E-state index is 12.0. The summed E-state index contributed by atoms with van der Waals surface area (Å²) in [5.74, 6) is 0.448. The van der Waals surface area contributed by atoms with Gasteiger partial charge >= 0.3 is 0 Å². The van der Waals surface area contributed by atoms with Crippen molar-refractivity contribution in [1.29, 1.82) is 0 Å². The molecule has 0 atom stereocenters.